The molecule has 56 valence electrons. The normalized spacial score (nSPS) is 20.3. The fourth-order valence-electron chi connectivity index (χ4n) is 1.01. The maximum atomic E-state index is 10.1. The molecule has 0 heterocycles. The number of nitrogens with zero attached hydrogens (tertiary/aromatic N) is 1. The van der Waals surface area contributed by atoms with Gasteiger partial charge in [0.15, 0.2) is 0 Å². The lowest BCUT2D eigenvalue weighted by molar-refractivity contribution is -0.425. The van der Waals surface area contributed by atoms with Crippen molar-refractivity contribution in [2.45, 2.75) is 26.2 Å². The minimum Gasteiger partial charge on any atom is -0.259 e. The average Bonchev–Trinajstić information content (AvgIpc) is 1.77. The van der Waals surface area contributed by atoms with Crippen LogP contribution in [0.3, 0.4) is 0 Å². The number of allylic oxidation sites excluding steroid dienone is 2. The van der Waals surface area contributed by atoms with Crippen LogP contribution < -0.4 is 0 Å². The molecule has 0 unspecified atom stereocenters. The first-order valence-corrected chi connectivity index (χ1v) is 3.53. The largest absolute Gasteiger partial charge is 0.259 e. The molecule has 1 rings (SSSR count). The minimum absolute atomic E-state index is 0.296. The van der Waals surface area contributed by atoms with Crippen LogP contribution >= 0.6 is 0 Å². The van der Waals surface area contributed by atoms with Gasteiger partial charge in [-0.15, -0.1) is 0 Å². The zero-order valence-corrected chi connectivity index (χ0v) is 6.04. The van der Waals surface area contributed by atoms with Crippen LogP contribution in [0.5, 0.6) is 0 Å². The summed E-state index contributed by atoms with van der Waals surface area (Å²) in [5.41, 5.74) is 0.296. The topological polar surface area (TPSA) is 43.1 Å². The summed E-state index contributed by atoms with van der Waals surface area (Å²) in [6.07, 6.45) is 5.26. The average molecular weight is 141 g/mol. The van der Waals surface area contributed by atoms with Crippen molar-refractivity contribution in [2.24, 2.45) is 5.92 Å². The molecule has 0 aromatic heterocycles. The Bertz CT molecular complexity index is 170. The Kier molecular flexibility index (Phi) is 2.04. The second-order valence-corrected chi connectivity index (χ2v) is 2.76. The molecule has 0 radical (unpaired) electrons. The van der Waals surface area contributed by atoms with E-state index in [-0.39, 0.29) is 4.92 Å². The van der Waals surface area contributed by atoms with Crippen LogP contribution in [0.15, 0.2) is 11.8 Å². The van der Waals surface area contributed by atoms with Gasteiger partial charge in [-0.25, -0.2) is 0 Å². The molecule has 3 heteroatoms. The third kappa shape index (κ3) is 1.56. The molecule has 0 aromatic rings. The van der Waals surface area contributed by atoms with Gasteiger partial charge in [0.2, 0.25) is 5.70 Å². The first kappa shape index (κ1) is 7.25. The van der Waals surface area contributed by atoms with Crippen molar-refractivity contribution in [2.75, 3.05) is 0 Å². The third-order valence-electron chi connectivity index (χ3n) is 1.91. The zero-order chi connectivity index (χ0) is 7.56. The van der Waals surface area contributed by atoms with Crippen molar-refractivity contribution in [1.82, 2.24) is 0 Å². The maximum absolute atomic E-state index is 10.1. The van der Waals surface area contributed by atoms with Gasteiger partial charge in [-0.1, -0.05) is 6.42 Å². The first-order chi connectivity index (χ1) is 4.70. The fraction of sp³-hybridized carbons (Fsp3) is 0.714. The molecule has 3 nitrogen and oxygen atoms in total. The summed E-state index contributed by atoms with van der Waals surface area (Å²) in [4.78, 5) is 9.79. The monoisotopic (exact) mass is 141 g/mol. The summed E-state index contributed by atoms with van der Waals surface area (Å²) in [6, 6.07) is 0. The first-order valence-electron chi connectivity index (χ1n) is 3.53. The van der Waals surface area contributed by atoms with E-state index in [1.165, 1.54) is 6.42 Å². The van der Waals surface area contributed by atoms with Crippen LogP contribution in [0.2, 0.25) is 0 Å². The van der Waals surface area contributed by atoms with Crippen LogP contribution in [0.1, 0.15) is 26.2 Å². The SMILES string of the molecule is CC(=CC1CCC1)[N+](=O)[O-]. The van der Waals surface area contributed by atoms with Crippen molar-refractivity contribution in [1.29, 1.82) is 0 Å². The molecular formula is C7H11NO2. The Labute approximate surface area is 59.9 Å². The number of hydrogen-bond donors (Lipinski definition) is 0. The molecule has 0 aromatic carbocycles. The standard InChI is InChI=1S/C7H11NO2/c1-6(8(9)10)5-7-3-2-4-7/h5,7H,2-4H2,1H3. The van der Waals surface area contributed by atoms with E-state index in [1.54, 1.807) is 13.0 Å². The molecule has 1 aliphatic rings. The molecular weight excluding hydrogens is 130 g/mol. The van der Waals surface area contributed by atoms with Crippen molar-refractivity contribution in [3.63, 3.8) is 0 Å². The van der Waals surface area contributed by atoms with E-state index in [4.69, 9.17) is 0 Å². The summed E-state index contributed by atoms with van der Waals surface area (Å²) in [5, 5.41) is 10.1. The maximum Gasteiger partial charge on any atom is 0.239 e. The van der Waals surface area contributed by atoms with Gasteiger partial charge in [0.1, 0.15) is 0 Å². The molecule has 0 atom stereocenters. The van der Waals surface area contributed by atoms with E-state index in [0.29, 0.717) is 11.6 Å². The summed E-state index contributed by atoms with van der Waals surface area (Å²) in [6.45, 7) is 1.55. The Morgan fingerprint density at radius 2 is 2.30 bits per heavy atom. The Balaban J connectivity index is 2.44. The van der Waals surface area contributed by atoms with Crippen LogP contribution in [-0.2, 0) is 0 Å². The molecule has 1 saturated carbocycles. The summed E-state index contributed by atoms with van der Waals surface area (Å²) in [7, 11) is 0. The lowest BCUT2D eigenvalue weighted by Crippen LogP contribution is -2.09. The van der Waals surface area contributed by atoms with Crippen LogP contribution in [0.25, 0.3) is 0 Å². The molecule has 1 fully saturated rings. The van der Waals surface area contributed by atoms with E-state index >= 15 is 0 Å². The molecule has 0 bridgehead atoms. The van der Waals surface area contributed by atoms with Gasteiger partial charge in [-0.2, -0.15) is 0 Å². The Morgan fingerprint density at radius 1 is 1.70 bits per heavy atom. The second kappa shape index (κ2) is 2.82. The minimum atomic E-state index is -0.321. The molecule has 1 aliphatic carbocycles. The van der Waals surface area contributed by atoms with Gasteiger partial charge in [-0.3, -0.25) is 10.1 Å². The highest BCUT2D eigenvalue weighted by Crippen LogP contribution is 2.28. The summed E-state index contributed by atoms with van der Waals surface area (Å²) in [5.74, 6) is 0.491. The van der Waals surface area contributed by atoms with Crippen molar-refractivity contribution >= 4 is 0 Å². The van der Waals surface area contributed by atoms with Gasteiger partial charge in [-0.05, 0) is 24.8 Å². The molecule has 0 N–H and O–H groups in total. The Morgan fingerprint density at radius 3 is 2.60 bits per heavy atom. The summed E-state index contributed by atoms with van der Waals surface area (Å²) < 4.78 is 0. The third-order valence-corrected chi connectivity index (χ3v) is 1.91. The number of nitro groups is 1. The highest BCUT2D eigenvalue weighted by atomic mass is 16.6. The fourth-order valence-corrected chi connectivity index (χ4v) is 1.01. The smallest absolute Gasteiger partial charge is 0.239 e. The van der Waals surface area contributed by atoms with Gasteiger partial charge < -0.3 is 0 Å². The van der Waals surface area contributed by atoms with Gasteiger partial charge in [0.25, 0.3) is 0 Å². The number of rotatable bonds is 2. The van der Waals surface area contributed by atoms with Gasteiger partial charge >= 0.3 is 0 Å². The highest BCUT2D eigenvalue weighted by molar-refractivity contribution is 4.95. The van der Waals surface area contributed by atoms with E-state index in [9.17, 15) is 10.1 Å². The lowest BCUT2D eigenvalue weighted by Gasteiger charge is -2.20. The second-order valence-electron chi connectivity index (χ2n) is 2.76. The lowest BCUT2D eigenvalue weighted by atomic mass is 9.85. The van der Waals surface area contributed by atoms with Crippen molar-refractivity contribution in [3.8, 4) is 0 Å². The number of hydrogen-bond acceptors (Lipinski definition) is 2. The quantitative estimate of drug-likeness (QED) is 0.436. The molecule has 10 heavy (non-hydrogen) atoms. The predicted molar refractivity (Wildman–Crippen MR) is 38.1 cm³/mol. The molecule has 0 amide bonds. The van der Waals surface area contributed by atoms with Crippen molar-refractivity contribution in [3.05, 3.63) is 21.9 Å². The van der Waals surface area contributed by atoms with Crippen LogP contribution in [0.4, 0.5) is 0 Å². The van der Waals surface area contributed by atoms with E-state index in [1.807, 2.05) is 0 Å². The van der Waals surface area contributed by atoms with Crippen LogP contribution in [-0.4, -0.2) is 4.92 Å². The van der Waals surface area contributed by atoms with E-state index < -0.39 is 0 Å². The van der Waals surface area contributed by atoms with E-state index in [0.717, 1.165) is 12.8 Å². The van der Waals surface area contributed by atoms with E-state index in [2.05, 4.69) is 0 Å². The molecule has 0 spiro atoms. The zero-order valence-electron chi connectivity index (χ0n) is 6.04. The van der Waals surface area contributed by atoms with Crippen LogP contribution in [0, 0.1) is 16.0 Å². The Hall–Kier alpha value is -0.860. The van der Waals surface area contributed by atoms with Crippen molar-refractivity contribution < 1.29 is 4.92 Å². The van der Waals surface area contributed by atoms with Gasteiger partial charge in [0, 0.05) is 6.92 Å². The molecule has 0 saturated heterocycles. The summed E-state index contributed by atoms with van der Waals surface area (Å²) >= 11 is 0. The predicted octanol–water partition coefficient (Wildman–Crippen LogP) is 1.97. The van der Waals surface area contributed by atoms with Gasteiger partial charge in [0.05, 0.1) is 4.92 Å². The highest BCUT2D eigenvalue weighted by Gasteiger charge is 2.17. The molecule has 0 aliphatic heterocycles.